The van der Waals surface area contributed by atoms with Crippen molar-refractivity contribution in [3.05, 3.63) is 12.2 Å². The van der Waals surface area contributed by atoms with Gasteiger partial charge in [0.15, 0.2) is 0 Å². The number of ketones is 1. The van der Waals surface area contributed by atoms with Crippen LogP contribution in [0.4, 0.5) is 0 Å². The van der Waals surface area contributed by atoms with E-state index >= 15 is 0 Å². The summed E-state index contributed by atoms with van der Waals surface area (Å²) in [6.45, 7) is 5.87. The average Bonchev–Trinajstić information content (AvgIpc) is 2.94. The zero-order valence-corrected chi connectivity index (χ0v) is 19.4. The standard InChI is InChI=1S/C25H44O5/c1-4-5-6-7-10-13-20(26)16-17-22-21(23(27)18-24(22)28)14-11-8-9-12-15-25(29)30-19(2)3/h8,11,19,21-24,27-28H,4-7,9-10,12-18H2,1-3H3/b11-8+. The first-order chi connectivity index (χ1) is 14.3. The van der Waals surface area contributed by atoms with Gasteiger partial charge in [0.1, 0.15) is 5.78 Å². The van der Waals surface area contributed by atoms with Crippen LogP contribution in [0.25, 0.3) is 0 Å². The van der Waals surface area contributed by atoms with Gasteiger partial charge in [-0.15, -0.1) is 0 Å². The highest BCUT2D eigenvalue weighted by molar-refractivity contribution is 5.78. The molecule has 1 fully saturated rings. The number of Topliss-reactive ketones (excluding diaryl/α,β-unsaturated/α-hetero) is 1. The summed E-state index contributed by atoms with van der Waals surface area (Å²) in [4.78, 5) is 23.7. The van der Waals surface area contributed by atoms with E-state index in [2.05, 4.69) is 6.92 Å². The SMILES string of the molecule is CCCCCCCC(=O)CCC1C(O)CC(O)C1C/C=C/CCCC(=O)OC(C)C. The summed E-state index contributed by atoms with van der Waals surface area (Å²) in [6, 6.07) is 0. The van der Waals surface area contributed by atoms with Gasteiger partial charge in [-0.05, 0) is 64.2 Å². The molecule has 1 aliphatic carbocycles. The summed E-state index contributed by atoms with van der Waals surface area (Å²) in [5.74, 6) is 0.0970. The Bertz CT molecular complexity index is 514. The quantitative estimate of drug-likeness (QED) is 0.204. The van der Waals surface area contributed by atoms with Gasteiger partial charge in [-0.25, -0.2) is 0 Å². The lowest BCUT2D eigenvalue weighted by atomic mass is 9.86. The summed E-state index contributed by atoms with van der Waals surface area (Å²) in [7, 11) is 0. The average molecular weight is 425 g/mol. The normalized spacial score (nSPS) is 24.1. The Morgan fingerprint density at radius 1 is 0.933 bits per heavy atom. The Kier molecular flexibility index (Phi) is 13.9. The van der Waals surface area contributed by atoms with Gasteiger partial charge in [0.05, 0.1) is 18.3 Å². The molecule has 2 N–H and O–H groups in total. The number of allylic oxidation sites excluding steroid dienone is 2. The molecule has 0 radical (unpaired) electrons. The Hall–Kier alpha value is -1.20. The second-order valence-electron chi connectivity index (χ2n) is 9.08. The molecule has 174 valence electrons. The molecule has 0 bridgehead atoms. The van der Waals surface area contributed by atoms with Gasteiger partial charge >= 0.3 is 5.97 Å². The number of ether oxygens (including phenoxy) is 1. The first kappa shape index (κ1) is 26.8. The van der Waals surface area contributed by atoms with Crippen LogP contribution in [0.1, 0.15) is 104 Å². The van der Waals surface area contributed by atoms with Gasteiger partial charge in [-0.2, -0.15) is 0 Å². The lowest BCUT2D eigenvalue weighted by molar-refractivity contribution is -0.147. The minimum absolute atomic E-state index is 0.000453. The molecule has 5 nitrogen and oxygen atoms in total. The molecular weight excluding hydrogens is 380 g/mol. The van der Waals surface area contributed by atoms with Gasteiger partial charge in [-0.3, -0.25) is 9.59 Å². The highest BCUT2D eigenvalue weighted by Gasteiger charge is 2.40. The first-order valence-electron chi connectivity index (χ1n) is 12.1. The third kappa shape index (κ3) is 11.3. The smallest absolute Gasteiger partial charge is 0.306 e. The van der Waals surface area contributed by atoms with Crippen LogP contribution >= 0.6 is 0 Å². The van der Waals surface area contributed by atoms with E-state index in [9.17, 15) is 19.8 Å². The summed E-state index contributed by atoms with van der Waals surface area (Å²) >= 11 is 0. The number of rotatable bonds is 16. The fraction of sp³-hybridized carbons (Fsp3) is 0.840. The Morgan fingerprint density at radius 3 is 2.33 bits per heavy atom. The molecule has 4 unspecified atom stereocenters. The molecule has 30 heavy (non-hydrogen) atoms. The number of aliphatic hydroxyl groups is 2. The fourth-order valence-electron chi connectivity index (χ4n) is 4.34. The van der Waals surface area contributed by atoms with Crippen LogP contribution in [0.2, 0.25) is 0 Å². The zero-order chi connectivity index (χ0) is 22.4. The predicted molar refractivity (Wildman–Crippen MR) is 120 cm³/mol. The maximum atomic E-state index is 12.2. The van der Waals surface area contributed by atoms with Gasteiger partial charge in [-0.1, -0.05) is 44.8 Å². The van der Waals surface area contributed by atoms with Crippen molar-refractivity contribution >= 4 is 11.8 Å². The van der Waals surface area contributed by atoms with Crippen LogP contribution in [-0.4, -0.2) is 40.3 Å². The van der Waals surface area contributed by atoms with Gasteiger partial charge in [0.2, 0.25) is 0 Å². The summed E-state index contributed by atoms with van der Waals surface area (Å²) < 4.78 is 5.11. The second-order valence-corrected chi connectivity index (χ2v) is 9.08. The van der Waals surface area contributed by atoms with E-state index in [4.69, 9.17) is 4.74 Å². The van der Waals surface area contributed by atoms with Crippen LogP contribution in [0.3, 0.4) is 0 Å². The fourth-order valence-corrected chi connectivity index (χ4v) is 4.34. The molecule has 0 saturated heterocycles. The topological polar surface area (TPSA) is 83.8 Å². The van der Waals surface area contributed by atoms with E-state index in [1.54, 1.807) is 0 Å². The van der Waals surface area contributed by atoms with Crippen molar-refractivity contribution in [2.24, 2.45) is 11.8 Å². The van der Waals surface area contributed by atoms with Crippen LogP contribution in [0.5, 0.6) is 0 Å². The Labute approximate surface area is 183 Å². The molecule has 0 amide bonds. The number of hydrogen-bond acceptors (Lipinski definition) is 5. The third-order valence-corrected chi connectivity index (χ3v) is 6.03. The van der Waals surface area contributed by atoms with Crippen LogP contribution < -0.4 is 0 Å². The maximum Gasteiger partial charge on any atom is 0.306 e. The number of carbonyl (C=O) groups is 2. The minimum atomic E-state index is -0.526. The molecule has 0 heterocycles. The van der Waals surface area contributed by atoms with E-state index in [1.807, 2.05) is 26.0 Å². The molecule has 1 saturated carbocycles. The van der Waals surface area contributed by atoms with E-state index < -0.39 is 12.2 Å². The lowest BCUT2D eigenvalue weighted by Gasteiger charge is -2.22. The van der Waals surface area contributed by atoms with Gasteiger partial charge in [0, 0.05) is 19.3 Å². The van der Waals surface area contributed by atoms with E-state index in [0.29, 0.717) is 38.5 Å². The molecule has 0 aliphatic heterocycles. The van der Waals surface area contributed by atoms with E-state index in [1.165, 1.54) is 19.3 Å². The molecule has 0 aromatic rings. The molecule has 4 atom stereocenters. The van der Waals surface area contributed by atoms with Crippen molar-refractivity contribution < 1.29 is 24.5 Å². The van der Waals surface area contributed by atoms with Gasteiger partial charge < -0.3 is 14.9 Å². The van der Waals surface area contributed by atoms with Crippen molar-refractivity contribution in [2.75, 3.05) is 0 Å². The van der Waals surface area contributed by atoms with Crippen molar-refractivity contribution in [3.63, 3.8) is 0 Å². The van der Waals surface area contributed by atoms with Crippen molar-refractivity contribution in [3.8, 4) is 0 Å². The van der Waals surface area contributed by atoms with Gasteiger partial charge in [0.25, 0.3) is 0 Å². The van der Waals surface area contributed by atoms with Crippen LogP contribution in [0, 0.1) is 11.8 Å². The molecular formula is C25H44O5. The molecule has 1 rings (SSSR count). The zero-order valence-electron chi connectivity index (χ0n) is 19.4. The highest BCUT2D eigenvalue weighted by atomic mass is 16.5. The number of unbranched alkanes of at least 4 members (excludes halogenated alkanes) is 5. The van der Waals surface area contributed by atoms with E-state index in [0.717, 1.165) is 25.7 Å². The summed E-state index contributed by atoms with van der Waals surface area (Å²) in [5.41, 5.74) is 0. The third-order valence-electron chi connectivity index (χ3n) is 6.03. The molecule has 0 aromatic heterocycles. The Balaban J connectivity index is 2.30. The van der Waals surface area contributed by atoms with Crippen molar-refractivity contribution in [1.82, 2.24) is 0 Å². The highest BCUT2D eigenvalue weighted by Crippen LogP contribution is 2.38. The molecule has 1 aliphatic rings. The molecule has 0 spiro atoms. The first-order valence-corrected chi connectivity index (χ1v) is 12.1. The van der Waals surface area contributed by atoms with Crippen LogP contribution in [0.15, 0.2) is 12.2 Å². The van der Waals surface area contributed by atoms with Crippen molar-refractivity contribution in [1.29, 1.82) is 0 Å². The minimum Gasteiger partial charge on any atom is -0.463 e. The largest absolute Gasteiger partial charge is 0.463 e. The number of esters is 1. The lowest BCUT2D eigenvalue weighted by Crippen LogP contribution is -2.22. The molecule has 5 heteroatoms. The van der Waals surface area contributed by atoms with E-state index in [-0.39, 0.29) is 29.7 Å². The summed E-state index contributed by atoms with van der Waals surface area (Å²) in [5, 5.41) is 20.7. The summed E-state index contributed by atoms with van der Waals surface area (Å²) in [6.07, 6.45) is 13.5. The Morgan fingerprint density at radius 2 is 1.63 bits per heavy atom. The maximum absolute atomic E-state index is 12.2. The van der Waals surface area contributed by atoms with Crippen molar-refractivity contribution in [2.45, 2.75) is 123 Å². The number of hydrogen-bond donors (Lipinski definition) is 2. The van der Waals surface area contributed by atoms with Crippen LogP contribution in [-0.2, 0) is 14.3 Å². The number of aliphatic hydroxyl groups excluding tert-OH is 2. The monoisotopic (exact) mass is 424 g/mol. The molecule has 0 aromatic carbocycles. The number of carbonyl (C=O) groups excluding carboxylic acids is 2. The second kappa shape index (κ2) is 15.6. The predicted octanol–water partition coefficient (Wildman–Crippen LogP) is 5.12.